The summed E-state index contributed by atoms with van der Waals surface area (Å²) in [5.74, 6) is 1.95. The van der Waals surface area contributed by atoms with Crippen LogP contribution in [0.3, 0.4) is 0 Å². The number of allylic oxidation sites excluding steroid dienone is 1. The first-order valence-corrected chi connectivity index (χ1v) is 6.97. The zero-order valence-electron chi connectivity index (χ0n) is 11.1. The van der Waals surface area contributed by atoms with E-state index in [-0.39, 0.29) is 0 Å². The third-order valence-corrected chi connectivity index (χ3v) is 4.20. The van der Waals surface area contributed by atoms with E-state index >= 15 is 0 Å². The predicted molar refractivity (Wildman–Crippen MR) is 73.9 cm³/mol. The van der Waals surface area contributed by atoms with E-state index in [0.29, 0.717) is 6.04 Å². The molecule has 0 radical (unpaired) electrons. The van der Waals surface area contributed by atoms with Crippen molar-refractivity contribution >= 4 is 5.95 Å². The minimum atomic E-state index is 0.640. The summed E-state index contributed by atoms with van der Waals surface area (Å²) in [5, 5.41) is 3.50. The van der Waals surface area contributed by atoms with Crippen LogP contribution in [0.5, 0.6) is 0 Å². The first-order chi connectivity index (χ1) is 8.83. The highest BCUT2D eigenvalue weighted by Crippen LogP contribution is 2.31. The van der Waals surface area contributed by atoms with Crippen LogP contribution in [-0.4, -0.2) is 35.2 Å². The van der Waals surface area contributed by atoms with Gasteiger partial charge >= 0.3 is 0 Å². The summed E-state index contributed by atoms with van der Waals surface area (Å²) in [4.78, 5) is 7.30. The third kappa shape index (κ3) is 1.85. The Kier molecular flexibility index (Phi) is 3.12. The summed E-state index contributed by atoms with van der Waals surface area (Å²) in [6.07, 6.45) is 6.41. The molecule has 1 aromatic heterocycles. The average Bonchev–Trinajstić information content (AvgIpc) is 3.03. The van der Waals surface area contributed by atoms with Crippen molar-refractivity contribution in [2.45, 2.75) is 32.4 Å². The number of nitrogens with zero attached hydrogens (tertiary/aromatic N) is 3. The fourth-order valence-corrected chi connectivity index (χ4v) is 3.23. The molecule has 3 heterocycles. The first-order valence-electron chi connectivity index (χ1n) is 6.97. The largest absolute Gasteiger partial charge is 0.338 e. The van der Waals surface area contributed by atoms with Gasteiger partial charge in [-0.05, 0) is 18.8 Å². The van der Waals surface area contributed by atoms with Gasteiger partial charge in [-0.3, -0.25) is 0 Å². The molecule has 18 heavy (non-hydrogen) atoms. The van der Waals surface area contributed by atoms with E-state index in [9.17, 15) is 0 Å². The number of aromatic nitrogens is 2. The highest BCUT2D eigenvalue weighted by molar-refractivity contribution is 5.39. The Hall–Kier alpha value is -1.29. The van der Waals surface area contributed by atoms with Crippen LogP contribution in [-0.2, 0) is 13.0 Å². The van der Waals surface area contributed by atoms with E-state index in [1.165, 1.54) is 18.7 Å². The molecular weight excluding hydrogens is 224 g/mol. The molecule has 0 amide bonds. The molecule has 4 nitrogen and oxygen atoms in total. The zero-order valence-corrected chi connectivity index (χ0v) is 11.1. The van der Waals surface area contributed by atoms with Crippen molar-refractivity contribution in [2.75, 3.05) is 24.5 Å². The Morgan fingerprint density at radius 1 is 1.56 bits per heavy atom. The SMILES string of the molecule is C=CCn1cc(CC)nc1N1CC[C@H]2CNC[C@H]21. The molecule has 0 bridgehead atoms. The van der Waals surface area contributed by atoms with Gasteiger partial charge in [0.05, 0.1) is 5.69 Å². The molecule has 1 aromatic rings. The maximum absolute atomic E-state index is 4.80. The van der Waals surface area contributed by atoms with Crippen LogP contribution >= 0.6 is 0 Å². The van der Waals surface area contributed by atoms with Crippen LogP contribution in [0.15, 0.2) is 18.9 Å². The lowest BCUT2D eigenvalue weighted by Crippen LogP contribution is -2.36. The van der Waals surface area contributed by atoms with Gasteiger partial charge in [-0.15, -0.1) is 6.58 Å². The minimum absolute atomic E-state index is 0.640. The second kappa shape index (κ2) is 4.76. The molecule has 2 aliphatic rings. The smallest absolute Gasteiger partial charge is 0.206 e. The molecule has 0 aromatic carbocycles. The Labute approximate surface area is 109 Å². The molecule has 4 heteroatoms. The summed E-state index contributed by atoms with van der Waals surface area (Å²) < 4.78 is 2.24. The lowest BCUT2D eigenvalue weighted by atomic mass is 10.1. The van der Waals surface area contributed by atoms with Crippen LogP contribution in [0, 0.1) is 5.92 Å². The maximum atomic E-state index is 4.80. The summed E-state index contributed by atoms with van der Waals surface area (Å²) in [6, 6.07) is 0.640. The number of rotatable bonds is 4. The summed E-state index contributed by atoms with van der Waals surface area (Å²) in [6.45, 7) is 10.3. The van der Waals surface area contributed by atoms with Crippen LogP contribution in [0.4, 0.5) is 5.95 Å². The van der Waals surface area contributed by atoms with Crippen molar-refractivity contribution in [3.05, 3.63) is 24.5 Å². The highest BCUT2D eigenvalue weighted by Gasteiger charge is 2.39. The number of hydrogen-bond acceptors (Lipinski definition) is 3. The van der Waals surface area contributed by atoms with Gasteiger partial charge in [0.2, 0.25) is 5.95 Å². The van der Waals surface area contributed by atoms with E-state index in [1.807, 2.05) is 6.08 Å². The molecule has 0 saturated carbocycles. The van der Waals surface area contributed by atoms with Crippen molar-refractivity contribution in [3.8, 4) is 0 Å². The van der Waals surface area contributed by atoms with Gasteiger partial charge in [0.15, 0.2) is 0 Å². The van der Waals surface area contributed by atoms with Crippen molar-refractivity contribution in [2.24, 2.45) is 5.92 Å². The summed E-state index contributed by atoms with van der Waals surface area (Å²) >= 11 is 0. The number of hydrogen-bond donors (Lipinski definition) is 1. The van der Waals surface area contributed by atoms with E-state index in [1.54, 1.807) is 0 Å². The van der Waals surface area contributed by atoms with Gasteiger partial charge in [0.1, 0.15) is 0 Å². The molecule has 3 rings (SSSR count). The summed E-state index contributed by atoms with van der Waals surface area (Å²) in [7, 11) is 0. The topological polar surface area (TPSA) is 33.1 Å². The number of anilines is 1. The van der Waals surface area contributed by atoms with Gasteiger partial charge in [-0.25, -0.2) is 4.98 Å². The van der Waals surface area contributed by atoms with E-state index in [4.69, 9.17) is 4.98 Å². The Morgan fingerprint density at radius 2 is 2.44 bits per heavy atom. The number of nitrogens with one attached hydrogen (secondary N) is 1. The number of aryl methyl sites for hydroxylation is 1. The second-order valence-electron chi connectivity index (χ2n) is 5.29. The molecule has 1 N–H and O–H groups in total. The van der Waals surface area contributed by atoms with Crippen molar-refractivity contribution in [1.29, 1.82) is 0 Å². The van der Waals surface area contributed by atoms with Crippen LogP contribution in [0.25, 0.3) is 0 Å². The molecule has 0 unspecified atom stereocenters. The minimum Gasteiger partial charge on any atom is -0.338 e. The van der Waals surface area contributed by atoms with Crippen LogP contribution in [0.1, 0.15) is 19.0 Å². The zero-order chi connectivity index (χ0) is 12.5. The van der Waals surface area contributed by atoms with Crippen molar-refractivity contribution in [1.82, 2.24) is 14.9 Å². The Balaban J connectivity index is 1.90. The fourth-order valence-electron chi connectivity index (χ4n) is 3.23. The molecule has 2 fully saturated rings. The van der Waals surface area contributed by atoms with Crippen LogP contribution in [0.2, 0.25) is 0 Å². The van der Waals surface area contributed by atoms with Gasteiger partial charge in [0.25, 0.3) is 0 Å². The van der Waals surface area contributed by atoms with Crippen molar-refractivity contribution < 1.29 is 0 Å². The number of imidazole rings is 1. The van der Waals surface area contributed by atoms with Crippen LogP contribution < -0.4 is 10.2 Å². The van der Waals surface area contributed by atoms with E-state index in [0.717, 1.165) is 37.9 Å². The third-order valence-electron chi connectivity index (χ3n) is 4.20. The molecule has 98 valence electrons. The molecule has 0 spiro atoms. The highest BCUT2D eigenvalue weighted by atomic mass is 15.4. The van der Waals surface area contributed by atoms with E-state index < -0.39 is 0 Å². The molecule has 0 aliphatic carbocycles. The summed E-state index contributed by atoms with van der Waals surface area (Å²) in [5.41, 5.74) is 1.18. The van der Waals surface area contributed by atoms with Gasteiger partial charge < -0.3 is 14.8 Å². The lowest BCUT2D eigenvalue weighted by Gasteiger charge is -2.25. The molecule has 2 aliphatic heterocycles. The standard InChI is InChI=1S/C14H22N4/c1-3-6-17-10-12(4-2)16-14(17)18-7-5-11-8-15-9-13(11)18/h3,10-11,13,15H,1,4-9H2,2H3/t11-,13+/m0/s1. The number of fused-ring (bicyclic) bond motifs is 1. The van der Waals surface area contributed by atoms with Gasteiger partial charge in [0, 0.05) is 38.4 Å². The molecular formula is C14H22N4. The maximum Gasteiger partial charge on any atom is 0.206 e. The molecule has 2 atom stereocenters. The normalized spacial score (nSPS) is 26.6. The predicted octanol–water partition coefficient (Wildman–Crippen LogP) is 1.43. The molecule has 2 saturated heterocycles. The monoisotopic (exact) mass is 246 g/mol. The quantitative estimate of drug-likeness (QED) is 0.816. The van der Waals surface area contributed by atoms with Gasteiger partial charge in [-0.2, -0.15) is 0 Å². The van der Waals surface area contributed by atoms with Crippen molar-refractivity contribution in [3.63, 3.8) is 0 Å². The lowest BCUT2D eigenvalue weighted by molar-refractivity contribution is 0.572. The van der Waals surface area contributed by atoms with Gasteiger partial charge in [-0.1, -0.05) is 13.0 Å². The second-order valence-corrected chi connectivity index (χ2v) is 5.29. The Bertz CT molecular complexity index is 437. The van der Waals surface area contributed by atoms with E-state index in [2.05, 4.69) is 34.5 Å². The fraction of sp³-hybridized carbons (Fsp3) is 0.643. The average molecular weight is 246 g/mol. The first kappa shape index (κ1) is 11.8. The Morgan fingerprint density at radius 3 is 3.22 bits per heavy atom.